The van der Waals surface area contributed by atoms with Crippen LogP contribution in [0.3, 0.4) is 0 Å². The van der Waals surface area contributed by atoms with Crippen molar-refractivity contribution >= 4 is 17.8 Å². The maximum Gasteiger partial charge on any atom is 0.308 e. The molecular weight excluding hydrogens is 310 g/mol. The van der Waals surface area contributed by atoms with Gasteiger partial charge in [-0.1, -0.05) is 30.3 Å². The van der Waals surface area contributed by atoms with Crippen LogP contribution in [0.2, 0.25) is 0 Å². The molecule has 1 heterocycles. The summed E-state index contributed by atoms with van der Waals surface area (Å²) in [5.41, 5.74) is 6.55. The molecule has 1 aromatic carbocycles. The van der Waals surface area contributed by atoms with Gasteiger partial charge in [0, 0.05) is 13.1 Å². The van der Waals surface area contributed by atoms with Gasteiger partial charge in [0.2, 0.25) is 11.8 Å². The van der Waals surface area contributed by atoms with Crippen LogP contribution in [0.25, 0.3) is 0 Å². The van der Waals surface area contributed by atoms with Gasteiger partial charge in [-0.2, -0.15) is 0 Å². The molecule has 1 aromatic rings. The Labute approximate surface area is 141 Å². The second-order valence-electron chi connectivity index (χ2n) is 5.76. The summed E-state index contributed by atoms with van der Waals surface area (Å²) in [5, 5.41) is 2.48. The van der Waals surface area contributed by atoms with Crippen molar-refractivity contribution in [2.45, 2.75) is 31.9 Å². The van der Waals surface area contributed by atoms with Crippen molar-refractivity contribution < 1.29 is 19.1 Å². The lowest BCUT2D eigenvalue weighted by Gasteiger charge is -2.16. The number of likely N-dealkylation sites (tertiary alicyclic amines) is 1. The second-order valence-corrected chi connectivity index (χ2v) is 5.76. The van der Waals surface area contributed by atoms with Crippen LogP contribution < -0.4 is 11.1 Å². The first kappa shape index (κ1) is 17.9. The molecular formula is C17H23N3O4. The van der Waals surface area contributed by atoms with Gasteiger partial charge < -0.3 is 20.7 Å². The predicted octanol–water partition coefficient (Wildman–Crippen LogP) is 0.186. The Balaban J connectivity index is 1.66. The highest BCUT2D eigenvalue weighted by atomic mass is 16.5. The molecule has 2 amide bonds. The average molecular weight is 333 g/mol. The monoisotopic (exact) mass is 333 g/mol. The van der Waals surface area contributed by atoms with Crippen LogP contribution in [0.5, 0.6) is 0 Å². The smallest absolute Gasteiger partial charge is 0.308 e. The van der Waals surface area contributed by atoms with Gasteiger partial charge in [-0.05, 0) is 18.4 Å². The summed E-state index contributed by atoms with van der Waals surface area (Å²) < 4.78 is 5.08. The number of benzene rings is 1. The number of nitrogens with two attached hydrogens (primary N) is 1. The molecule has 0 aliphatic carbocycles. The fourth-order valence-electron chi connectivity index (χ4n) is 2.44. The van der Waals surface area contributed by atoms with Crippen LogP contribution in [-0.2, 0) is 25.7 Å². The molecule has 0 aromatic heterocycles. The topological polar surface area (TPSA) is 102 Å². The van der Waals surface area contributed by atoms with E-state index in [9.17, 15) is 14.4 Å². The molecule has 0 radical (unpaired) electrons. The number of nitrogens with one attached hydrogen (secondary N) is 1. The minimum absolute atomic E-state index is 0.0917. The predicted molar refractivity (Wildman–Crippen MR) is 87.7 cm³/mol. The molecule has 1 fully saturated rings. The molecule has 7 heteroatoms. The van der Waals surface area contributed by atoms with Crippen LogP contribution in [-0.4, -0.2) is 48.4 Å². The summed E-state index contributed by atoms with van der Waals surface area (Å²) in [6, 6.07) is 8.21. The summed E-state index contributed by atoms with van der Waals surface area (Å²) in [6.45, 7) is 1.51. The second kappa shape index (κ2) is 9.02. The quantitative estimate of drug-likeness (QED) is 0.693. The summed E-state index contributed by atoms with van der Waals surface area (Å²) in [6.07, 6.45) is 1.76. The third-order valence-corrected chi connectivity index (χ3v) is 3.84. The molecule has 1 saturated heterocycles. The average Bonchev–Trinajstić information content (AvgIpc) is 3.13. The Hall–Kier alpha value is -2.41. The van der Waals surface area contributed by atoms with Crippen LogP contribution >= 0.6 is 0 Å². The Morgan fingerprint density at radius 2 is 1.83 bits per heavy atom. The number of ether oxygens (including phenoxy) is 1. The zero-order valence-electron chi connectivity index (χ0n) is 13.6. The molecule has 0 spiro atoms. The Morgan fingerprint density at radius 1 is 1.17 bits per heavy atom. The van der Waals surface area contributed by atoms with E-state index in [1.807, 2.05) is 30.3 Å². The Morgan fingerprint density at radius 3 is 2.50 bits per heavy atom. The Bertz CT molecular complexity index is 570. The fourth-order valence-corrected chi connectivity index (χ4v) is 2.44. The minimum atomic E-state index is -1.03. The number of esters is 1. The molecule has 1 aliphatic rings. The zero-order valence-corrected chi connectivity index (χ0v) is 13.6. The number of rotatable bonds is 7. The van der Waals surface area contributed by atoms with Crippen molar-refractivity contribution in [3.05, 3.63) is 35.9 Å². The number of nitrogens with zero attached hydrogens (tertiary/aromatic N) is 1. The number of hydrogen-bond acceptors (Lipinski definition) is 5. The molecule has 2 rings (SSSR count). The molecule has 1 atom stereocenters. The van der Waals surface area contributed by atoms with Crippen LogP contribution in [0.4, 0.5) is 0 Å². The highest BCUT2D eigenvalue weighted by molar-refractivity contribution is 5.89. The molecule has 0 unspecified atom stereocenters. The summed E-state index contributed by atoms with van der Waals surface area (Å²) in [4.78, 5) is 37.1. The molecule has 1 aliphatic heterocycles. The van der Waals surface area contributed by atoms with Gasteiger partial charge in [0.05, 0.1) is 19.0 Å². The molecule has 0 bridgehead atoms. The van der Waals surface area contributed by atoms with Gasteiger partial charge in [0.25, 0.3) is 0 Å². The maximum atomic E-state index is 11.9. The zero-order chi connectivity index (χ0) is 17.4. The van der Waals surface area contributed by atoms with E-state index in [-0.39, 0.29) is 25.5 Å². The van der Waals surface area contributed by atoms with Crippen LogP contribution in [0.15, 0.2) is 30.3 Å². The largest absolute Gasteiger partial charge is 0.461 e. The van der Waals surface area contributed by atoms with Crippen molar-refractivity contribution in [1.29, 1.82) is 0 Å². The number of hydrogen-bond donors (Lipinski definition) is 2. The first-order valence-electron chi connectivity index (χ1n) is 8.07. The molecule has 24 heavy (non-hydrogen) atoms. The van der Waals surface area contributed by atoms with E-state index in [1.54, 1.807) is 4.90 Å². The number of carbonyl (C=O) groups is 3. The lowest BCUT2D eigenvalue weighted by Crippen LogP contribution is -2.46. The molecule has 130 valence electrons. The van der Waals surface area contributed by atoms with E-state index in [0.717, 1.165) is 31.5 Å². The van der Waals surface area contributed by atoms with Crippen molar-refractivity contribution in [2.75, 3.05) is 19.6 Å². The third-order valence-electron chi connectivity index (χ3n) is 3.84. The van der Waals surface area contributed by atoms with Gasteiger partial charge in [0.15, 0.2) is 0 Å². The maximum absolute atomic E-state index is 11.9. The molecule has 0 saturated carbocycles. The van der Waals surface area contributed by atoms with E-state index < -0.39 is 17.9 Å². The first-order chi connectivity index (χ1) is 11.6. The van der Waals surface area contributed by atoms with Gasteiger partial charge in [-0.3, -0.25) is 14.4 Å². The van der Waals surface area contributed by atoms with Gasteiger partial charge >= 0.3 is 5.97 Å². The number of amides is 2. The van der Waals surface area contributed by atoms with E-state index in [1.165, 1.54) is 0 Å². The molecule has 7 nitrogen and oxygen atoms in total. The van der Waals surface area contributed by atoms with Crippen molar-refractivity contribution in [3.63, 3.8) is 0 Å². The van der Waals surface area contributed by atoms with Crippen molar-refractivity contribution in [3.8, 4) is 0 Å². The summed E-state index contributed by atoms with van der Waals surface area (Å²) in [5.74, 6) is -1.20. The van der Waals surface area contributed by atoms with Gasteiger partial charge in [-0.25, -0.2) is 0 Å². The number of carbonyl (C=O) groups excluding carboxylic acids is 3. The fraction of sp³-hybridized carbons (Fsp3) is 0.471. The standard InChI is InChI=1S/C17H23N3O4/c18-14(10-16(22)24-12-13-6-2-1-3-7-13)17(23)19-11-15(21)20-8-4-5-9-20/h1-3,6-7,14H,4-5,8-12,18H2,(H,19,23)/t14-/m0/s1. The van der Waals surface area contributed by atoms with E-state index >= 15 is 0 Å². The Kier molecular flexibility index (Phi) is 6.74. The van der Waals surface area contributed by atoms with Gasteiger partial charge in [-0.15, -0.1) is 0 Å². The SMILES string of the molecule is N[C@@H](CC(=O)OCc1ccccc1)C(=O)NCC(=O)N1CCCC1. The van der Waals surface area contributed by atoms with E-state index in [0.29, 0.717) is 0 Å². The van der Waals surface area contributed by atoms with Crippen molar-refractivity contribution in [2.24, 2.45) is 5.73 Å². The normalized spacial score (nSPS) is 15.0. The van der Waals surface area contributed by atoms with Crippen molar-refractivity contribution in [1.82, 2.24) is 10.2 Å². The highest BCUT2D eigenvalue weighted by Crippen LogP contribution is 2.07. The van der Waals surface area contributed by atoms with E-state index in [2.05, 4.69) is 5.32 Å². The lowest BCUT2D eigenvalue weighted by molar-refractivity contribution is -0.146. The van der Waals surface area contributed by atoms with E-state index in [4.69, 9.17) is 10.5 Å². The summed E-state index contributed by atoms with van der Waals surface area (Å²) in [7, 11) is 0. The van der Waals surface area contributed by atoms with Crippen LogP contribution in [0, 0.1) is 0 Å². The van der Waals surface area contributed by atoms with Gasteiger partial charge in [0.1, 0.15) is 6.61 Å². The minimum Gasteiger partial charge on any atom is -0.461 e. The van der Waals surface area contributed by atoms with Crippen LogP contribution in [0.1, 0.15) is 24.8 Å². The molecule has 3 N–H and O–H groups in total. The highest BCUT2D eigenvalue weighted by Gasteiger charge is 2.22. The summed E-state index contributed by atoms with van der Waals surface area (Å²) >= 11 is 0. The first-order valence-corrected chi connectivity index (χ1v) is 8.07. The lowest BCUT2D eigenvalue weighted by atomic mass is 10.2. The third kappa shape index (κ3) is 5.66.